The number of hydrogen-bond acceptors (Lipinski definition) is 26. The second-order valence-electron chi connectivity index (χ2n) is 13.1. The number of nitrogens with zero attached hydrogens (tertiary/aromatic N) is 7. The number of phenolic OH excluding ortho intramolecular Hbond substituents is 1. The molecule has 354 valence electrons. The van der Waals surface area contributed by atoms with Gasteiger partial charge in [0.2, 0.25) is 11.9 Å². The molecule has 0 saturated carbocycles. The molecule has 5 aromatic carbocycles. The average Bonchev–Trinajstić information content (AvgIpc) is 3.27. The number of nitrogen functional groups attached to an aromatic ring is 1. The van der Waals surface area contributed by atoms with Crippen LogP contribution in [0.25, 0.3) is 10.8 Å². The number of aromatic hydroxyl groups is 1. The molecule has 31 heteroatoms. The second kappa shape index (κ2) is 22.2. The van der Waals surface area contributed by atoms with E-state index in [9.17, 15) is 39.3 Å². The van der Waals surface area contributed by atoms with Crippen molar-refractivity contribution in [3.63, 3.8) is 0 Å². The highest BCUT2D eigenvalue weighted by Gasteiger charge is 2.22. The molecule has 0 amide bonds. The van der Waals surface area contributed by atoms with Crippen LogP contribution >= 0.6 is 24.4 Å². The molecule has 8 N–H and O–H groups in total. The van der Waals surface area contributed by atoms with Crippen molar-refractivity contribution in [2.24, 2.45) is 20.5 Å². The van der Waals surface area contributed by atoms with Crippen molar-refractivity contribution in [3.05, 3.63) is 91.0 Å². The first kappa shape index (κ1) is 50.3. The van der Waals surface area contributed by atoms with Crippen LogP contribution in [0.2, 0.25) is 0 Å². The van der Waals surface area contributed by atoms with E-state index in [1.165, 1.54) is 66.7 Å². The lowest BCUT2D eigenvalue weighted by Gasteiger charge is -2.12. The third kappa shape index (κ3) is 13.1. The lowest BCUT2D eigenvalue weighted by Crippen LogP contribution is -2.10. The summed E-state index contributed by atoms with van der Waals surface area (Å²) >= 11 is 0.542. The summed E-state index contributed by atoms with van der Waals surface area (Å²) in [6, 6.07) is 18.1. The summed E-state index contributed by atoms with van der Waals surface area (Å²) in [5.41, 5.74) is 5.88. The van der Waals surface area contributed by atoms with Crippen LogP contribution in [0.3, 0.4) is 0 Å². The van der Waals surface area contributed by atoms with E-state index in [0.29, 0.717) is 24.2 Å². The van der Waals surface area contributed by atoms with E-state index < -0.39 is 58.0 Å². The van der Waals surface area contributed by atoms with Crippen molar-refractivity contribution < 1.29 is 72.7 Å². The van der Waals surface area contributed by atoms with Crippen LogP contribution < -0.4 is 16.4 Å². The molecule has 6 aromatic rings. The summed E-state index contributed by atoms with van der Waals surface area (Å²) in [7, 11) is -12.3. The molecule has 67 heavy (non-hydrogen) atoms. The predicted octanol–water partition coefficient (Wildman–Crippen LogP) is 8.40. The zero-order valence-electron chi connectivity index (χ0n) is 33.8. The first-order valence-electron chi connectivity index (χ1n) is 18.5. The fourth-order valence-corrected chi connectivity index (χ4v) is 9.57. The zero-order chi connectivity index (χ0) is 48.4. The van der Waals surface area contributed by atoms with Gasteiger partial charge >= 0.3 is 6.08 Å². The highest BCUT2D eigenvalue weighted by Crippen LogP contribution is 2.48. The Morgan fingerprint density at radius 3 is 1.97 bits per heavy atom. The number of anilines is 5. The summed E-state index contributed by atoms with van der Waals surface area (Å²) < 4.78 is 113. The Bertz CT molecular complexity index is 3160. The van der Waals surface area contributed by atoms with Crippen LogP contribution in [0.5, 0.6) is 5.75 Å². The van der Waals surface area contributed by atoms with Crippen LogP contribution in [0, 0.1) is 6.08 Å². The second-order valence-corrected chi connectivity index (χ2v) is 20.0. The lowest BCUT2D eigenvalue weighted by atomic mass is 10.1. The van der Waals surface area contributed by atoms with Gasteiger partial charge in [0, 0.05) is 22.1 Å². The first-order valence-corrected chi connectivity index (χ1v) is 24.6. The maximum Gasteiger partial charge on any atom is 0.315 e. The Morgan fingerprint density at radius 1 is 0.716 bits per heavy atom. The summed E-state index contributed by atoms with van der Waals surface area (Å²) in [6.07, 6.45) is -0.816. The van der Waals surface area contributed by atoms with Gasteiger partial charge in [-0.05, 0) is 91.3 Å². The summed E-state index contributed by atoms with van der Waals surface area (Å²) in [6.45, 7) is 1.43. The Labute approximate surface area is 387 Å². The number of nitrogens with one attached hydrogen (secondary N) is 2. The Kier molecular flexibility index (Phi) is 16.6. The van der Waals surface area contributed by atoms with Crippen LogP contribution in [0.1, 0.15) is 13.3 Å². The van der Waals surface area contributed by atoms with Crippen molar-refractivity contribution in [2.75, 3.05) is 34.5 Å². The van der Waals surface area contributed by atoms with E-state index in [1.54, 1.807) is 6.92 Å². The van der Waals surface area contributed by atoms with Crippen LogP contribution in [0.4, 0.5) is 56.1 Å². The molecule has 1 aromatic heterocycles. The average molecular weight is 1030 g/mol. The topological polar surface area (TPSA) is 368 Å². The molecule has 1 heterocycles. The van der Waals surface area contributed by atoms with Crippen LogP contribution in [-0.2, 0) is 52.7 Å². The maximum absolute atomic E-state index is 14.6. The standard InChI is InChI=1S/C36H33FN10O15S5/c1-2-16-65(51,52)23-8-3-20(4-9-23)39-35-41-34(37)42-36(43-35)40-22-7-14-30(67(55,56)57)28(18-22)45-47-32-29(63-61-59-49)19-26-25(33(32)48)12-13-27(38)31(26)46-44-21-5-10-24(11-6-21)66(53,54)17-15-58-64-62-60-50/h3-14,18-19,48-50H,2,15-17,38H2,1H3,(H,55,56,57)(H2,39,40,41,42,43)/b46-44+,47-45+. The van der Waals surface area contributed by atoms with Crippen LogP contribution in [0.15, 0.2) is 125 Å². The number of fused-ring (bicyclic) bond motifs is 1. The molecular weight excluding hydrogens is 992 g/mol. The fraction of sp³-hybridized carbons (Fsp3) is 0.139. The van der Waals surface area contributed by atoms with Gasteiger partial charge in [0.1, 0.15) is 22.0 Å². The number of benzene rings is 5. The van der Waals surface area contributed by atoms with Gasteiger partial charge in [-0.15, -0.1) is 24.0 Å². The summed E-state index contributed by atoms with van der Waals surface area (Å²) in [5, 5.41) is 57.6. The van der Waals surface area contributed by atoms with E-state index >= 15 is 0 Å². The Hall–Kier alpha value is -6.07. The van der Waals surface area contributed by atoms with Gasteiger partial charge in [0.15, 0.2) is 37.7 Å². The van der Waals surface area contributed by atoms with Gasteiger partial charge in [-0.1, -0.05) is 17.0 Å². The number of hydrogen-bond donors (Lipinski definition) is 7. The van der Waals surface area contributed by atoms with Crippen molar-refractivity contribution >= 4 is 117 Å². The van der Waals surface area contributed by atoms with Gasteiger partial charge in [0.05, 0.1) is 56.2 Å². The highest BCUT2D eigenvalue weighted by molar-refractivity contribution is 7.94. The fourth-order valence-electron chi connectivity index (χ4n) is 5.75. The molecule has 0 spiro atoms. The molecule has 0 aliphatic heterocycles. The normalized spacial score (nSPS) is 12.4. The monoisotopic (exact) mass is 1020 g/mol. The van der Waals surface area contributed by atoms with Crippen LogP contribution in [-0.4, -0.2) is 78.5 Å². The van der Waals surface area contributed by atoms with E-state index in [1.807, 2.05) is 0 Å². The molecule has 0 aliphatic rings. The Balaban J connectivity index is 1.29. The molecule has 0 bridgehead atoms. The number of aromatic nitrogens is 3. The quantitative estimate of drug-likeness (QED) is 0.00638. The Morgan fingerprint density at radius 2 is 1.33 bits per heavy atom. The molecular formula is C36H33FN10O15S5. The molecule has 0 atom stereocenters. The molecule has 0 fully saturated rings. The minimum Gasteiger partial charge on any atom is -0.505 e. The first-order chi connectivity index (χ1) is 31.9. The molecule has 0 unspecified atom stereocenters. The van der Waals surface area contributed by atoms with E-state index in [2.05, 4.69) is 64.8 Å². The largest absolute Gasteiger partial charge is 0.505 e. The smallest absolute Gasteiger partial charge is 0.315 e. The number of nitrogens with two attached hydrogens (primary N) is 1. The summed E-state index contributed by atoms with van der Waals surface area (Å²) in [5.74, 6) is -1.77. The molecule has 0 saturated heterocycles. The molecule has 0 radical (unpaired) electrons. The number of rotatable bonds is 22. The number of halogens is 1. The molecule has 25 nitrogen and oxygen atoms in total. The van der Waals surface area contributed by atoms with E-state index in [0.717, 1.165) is 18.2 Å². The van der Waals surface area contributed by atoms with Gasteiger partial charge in [-0.3, -0.25) is 8.74 Å². The number of azo groups is 2. The minimum absolute atomic E-state index is 0.000177. The van der Waals surface area contributed by atoms with Gasteiger partial charge in [-0.2, -0.15) is 32.9 Å². The maximum atomic E-state index is 14.6. The molecule has 6 rings (SSSR count). The van der Waals surface area contributed by atoms with Gasteiger partial charge in [-0.25, -0.2) is 27.4 Å². The number of phenols is 1. The third-order valence-corrected chi connectivity index (χ3v) is 14.2. The third-order valence-electron chi connectivity index (χ3n) is 8.70. The van der Waals surface area contributed by atoms with E-state index in [4.69, 9.17) is 20.4 Å². The lowest BCUT2D eigenvalue weighted by molar-refractivity contribution is -0.434. The zero-order valence-corrected chi connectivity index (χ0v) is 37.9. The van der Waals surface area contributed by atoms with E-state index in [-0.39, 0.29) is 90.5 Å². The predicted molar refractivity (Wildman–Crippen MR) is 237 cm³/mol. The highest BCUT2D eigenvalue weighted by atomic mass is 32.2. The summed E-state index contributed by atoms with van der Waals surface area (Å²) in [4.78, 5) is 10.4. The van der Waals surface area contributed by atoms with Crippen molar-refractivity contribution in [3.8, 4) is 5.75 Å². The minimum atomic E-state index is -4.98. The van der Waals surface area contributed by atoms with Crippen molar-refractivity contribution in [1.82, 2.24) is 15.0 Å². The van der Waals surface area contributed by atoms with Crippen molar-refractivity contribution in [1.29, 1.82) is 0 Å². The number of sulfone groups is 2. The van der Waals surface area contributed by atoms with Crippen molar-refractivity contribution in [2.45, 2.75) is 32.9 Å². The SMILES string of the molecule is CCCS(=O)(=O)c1ccc(Nc2nc(F)nc(Nc3ccc(S(=O)(=O)O)c(/N=N/c4c(SOOO)cc5c(/N=N/c6ccc(S(=O)(=O)CCOSOOO)cc6)c(N)ccc5c4O)c3)n2)cc1. The molecule has 0 aliphatic carbocycles. The van der Waals surface area contributed by atoms with Gasteiger partial charge in [0.25, 0.3) is 10.1 Å². The van der Waals surface area contributed by atoms with Gasteiger partial charge < -0.3 is 21.5 Å².